The maximum atomic E-state index is 12.6. The molecule has 0 aliphatic rings. The van der Waals surface area contributed by atoms with Gasteiger partial charge >= 0.3 is 0 Å². The monoisotopic (exact) mass is 390 g/mol. The topological polar surface area (TPSA) is 52.8 Å². The third-order valence-electron chi connectivity index (χ3n) is 3.84. The molecule has 0 atom stereocenters. The fourth-order valence-electron chi connectivity index (χ4n) is 2.53. The van der Waals surface area contributed by atoms with E-state index in [0.717, 1.165) is 10.2 Å². The second kappa shape index (κ2) is 8.49. The van der Waals surface area contributed by atoms with Gasteiger partial charge in [0.25, 0.3) is 5.91 Å². The molecule has 0 aliphatic carbocycles. The van der Waals surface area contributed by atoms with Gasteiger partial charge in [-0.2, -0.15) is 4.99 Å². The predicted octanol–water partition coefficient (Wildman–Crippen LogP) is 4.14. The summed E-state index contributed by atoms with van der Waals surface area (Å²) in [6, 6.07) is 12.6. The molecule has 0 bridgehead atoms. The Balaban J connectivity index is 2.01. The van der Waals surface area contributed by atoms with Gasteiger partial charge in [0.05, 0.1) is 23.9 Å². The highest BCUT2D eigenvalue weighted by molar-refractivity contribution is 7.16. The van der Waals surface area contributed by atoms with Gasteiger partial charge in [-0.1, -0.05) is 22.9 Å². The van der Waals surface area contributed by atoms with Gasteiger partial charge in [0, 0.05) is 23.7 Å². The van der Waals surface area contributed by atoms with Crippen LogP contribution in [0.25, 0.3) is 10.2 Å². The van der Waals surface area contributed by atoms with Crippen LogP contribution in [0.3, 0.4) is 0 Å². The highest BCUT2D eigenvalue weighted by Crippen LogP contribution is 2.22. The summed E-state index contributed by atoms with van der Waals surface area (Å²) in [7, 11) is 1.59. The van der Waals surface area contributed by atoms with Crippen LogP contribution in [0.1, 0.15) is 17.3 Å². The molecule has 1 aromatic heterocycles. The van der Waals surface area contributed by atoms with Gasteiger partial charge < -0.3 is 14.0 Å². The lowest BCUT2D eigenvalue weighted by Crippen LogP contribution is -2.19. The average molecular weight is 391 g/mol. The predicted molar refractivity (Wildman–Crippen MR) is 104 cm³/mol. The zero-order valence-electron chi connectivity index (χ0n) is 14.6. The van der Waals surface area contributed by atoms with Crippen molar-refractivity contribution in [2.24, 2.45) is 4.99 Å². The summed E-state index contributed by atoms with van der Waals surface area (Å²) in [5, 5.41) is 0.656. The summed E-state index contributed by atoms with van der Waals surface area (Å²) < 4.78 is 13.6. The molecule has 7 heteroatoms. The van der Waals surface area contributed by atoms with Gasteiger partial charge in [0.2, 0.25) is 0 Å². The molecule has 0 aliphatic heterocycles. The maximum absolute atomic E-state index is 12.6. The lowest BCUT2D eigenvalue weighted by molar-refractivity contribution is 0.0996. The Kier molecular flexibility index (Phi) is 6.08. The molecular weight excluding hydrogens is 372 g/mol. The Labute approximate surface area is 160 Å². The van der Waals surface area contributed by atoms with Gasteiger partial charge in [-0.05, 0) is 49.4 Å². The number of carbonyl (C=O) groups excluding carboxylic acids is 1. The summed E-state index contributed by atoms with van der Waals surface area (Å²) in [6.45, 7) is 3.76. The number of rotatable bonds is 6. The standard InChI is InChI=1S/C19H19ClN2O3S/c1-3-25-11-10-22-16-9-6-14(20)12-17(16)26-19(22)21-18(23)13-4-7-15(24-2)8-5-13/h4-9,12H,3,10-11H2,1-2H3. The van der Waals surface area contributed by atoms with E-state index in [-0.39, 0.29) is 5.91 Å². The van der Waals surface area contributed by atoms with Crippen LogP contribution < -0.4 is 9.54 Å². The van der Waals surface area contributed by atoms with Gasteiger partial charge in [-0.25, -0.2) is 0 Å². The van der Waals surface area contributed by atoms with Crippen molar-refractivity contribution in [2.75, 3.05) is 20.3 Å². The second-order valence-electron chi connectivity index (χ2n) is 5.49. The molecule has 5 nitrogen and oxygen atoms in total. The molecule has 0 saturated carbocycles. The minimum atomic E-state index is -0.296. The number of amides is 1. The third kappa shape index (κ3) is 4.15. The van der Waals surface area contributed by atoms with E-state index in [1.807, 2.05) is 29.7 Å². The first kappa shape index (κ1) is 18.6. The van der Waals surface area contributed by atoms with Crippen LogP contribution in [-0.4, -0.2) is 30.8 Å². The van der Waals surface area contributed by atoms with Gasteiger partial charge in [0.15, 0.2) is 4.80 Å². The van der Waals surface area contributed by atoms with Crippen LogP contribution >= 0.6 is 22.9 Å². The molecule has 0 N–H and O–H groups in total. The molecule has 136 valence electrons. The molecule has 2 aromatic carbocycles. The fourth-order valence-corrected chi connectivity index (χ4v) is 3.86. The van der Waals surface area contributed by atoms with Crippen molar-refractivity contribution in [3.8, 4) is 5.75 Å². The minimum absolute atomic E-state index is 0.296. The van der Waals surface area contributed by atoms with Crippen LogP contribution in [0.15, 0.2) is 47.5 Å². The Morgan fingerprint density at radius 2 is 2.00 bits per heavy atom. The molecule has 0 fully saturated rings. The zero-order valence-corrected chi connectivity index (χ0v) is 16.1. The van der Waals surface area contributed by atoms with Crippen molar-refractivity contribution in [1.29, 1.82) is 0 Å². The fraction of sp³-hybridized carbons (Fsp3) is 0.263. The number of hydrogen-bond acceptors (Lipinski definition) is 4. The van der Waals surface area contributed by atoms with Crippen molar-refractivity contribution in [3.05, 3.63) is 57.9 Å². The number of benzene rings is 2. The Hall–Kier alpha value is -2.15. The van der Waals surface area contributed by atoms with E-state index in [0.29, 0.717) is 40.9 Å². The first-order valence-electron chi connectivity index (χ1n) is 8.22. The molecule has 1 amide bonds. The Bertz CT molecular complexity index is 977. The summed E-state index contributed by atoms with van der Waals surface area (Å²) in [4.78, 5) is 17.5. The van der Waals surface area contributed by atoms with Crippen LogP contribution in [-0.2, 0) is 11.3 Å². The molecular formula is C19H19ClN2O3S. The summed E-state index contributed by atoms with van der Waals surface area (Å²) >= 11 is 7.54. The van der Waals surface area contributed by atoms with Crippen molar-refractivity contribution in [2.45, 2.75) is 13.5 Å². The number of halogens is 1. The molecule has 26 heavy (non-hydrogen) atoms. The second-order valence-corrected chi connectivity index (χ2v) is 6.94. The van der Waals surface area contributed by atoms with E-state index in [9.17, 15) is 4.79 Å². The van der Waals surface area contributed by atoms with E-state index >= 15 is 0 Å². The number of nitrogens with zero attached hydrogens (tertiary/aromatic N) is 2. The number of ether oxygens (including phenoxy) is 2. The lowest BCUT2D eigenvalue weighted by Gasteiger charge is -2.05. The molecule has 3 aromatic rings. The van der Waals surface area contributed by atoms with E-state index < -0.39 is 0 Å². The van der Waals surface area contributed by atoms with Gasteiger partial charge in [-0.3, -0.25) is 4.79 Å². The molecule has 3 rings (SSSR count). The third-order valence-corrected chi connectivity index (χ3v) is 5.12. The number of thiazole rings is 1. The highest BCUT2D eigenvalue weighted by atomic mass is 35.5. The first-order chi connectivity index (χ1) is 12.6. The van der Waals surface area contributed by atoms with Crippen LogP contribution in [0.4, 0.5) is 0 Å². The van der Waals surface area contributed by atoms with Gasteiger partial charge in [0.1, 0.15) is 5.75 Å². The van der Waals surface area contributed by atoms with Crippen molar-refractivity contribution >= 4 is 39.1 Å². The summed E-state index contributed by atoms with van der Waals surface area (Å²) in [5.74, 6) is 0.403. The molecule has 0 saturated heterocycles. The summed E-state index contributed by atoms with van der Waals surface area (Å²) in [5.41, 5.74) is 1.50. The van der Waals surface area contributed by atoms with Gasteiger partial charge in [-0.15, -0.1) is 0 Å². The number of methoxy groups -OCH3 is 1. The SMILES string of the molecule is CCOCCn1c(=NC(=O)c2ccc(OC)cc2)sc2cc(Cl)ccc21. The van der Waals surface area contributed by atoms with Crippen molar-refractivity contribution < 1.29 is 14.3 Å². The zero-order chi connectivity index (χ0) is 18.5. The molecule has 0 unspecified atom stereocenters. The Morgan fingerprint density at radius 3 is 2.69 bits per heavy atom. The van der Waals surface area contributed by atoms with E-state index in [1.165, 1.54) is 11.3 Å². The van der Waals surface area contributed by atoms with Crippen molar-refractivity contribution in [1.82, 2.24) is 4.57 Å². The smallest absolute Gasteiger partial charge is 0.279 e. The number of hydrogen-bond donors (Lipinski definition) is 0. The van der Waals surface area contributed by atoms with Crippen LogP contribution in [0, 0.1) is 0 Å². The molecule has 1 heterocycles. The Morgan fingerprint density at radius 1 is 1.23 bits per heavy atom. The van der Waals surface area contributed by atoms with E-state index in [4.69, 9.17) is 21.1 Å². The minimum Gasteiger partial charge on any atom is -0.497 e. The number of aromatic nitrogens is 1. The largest absolute Gasteiger partial charge is 0.497 e. The number of carbonyl (C=O) groups is 1. The van der Waals surface area contributed by atoms with Crippen LogP contribution in [0.5, 0.6) is 5.75 Å². The lowest BCUT2D eigenvalue weighted by atomic mass is 10.2. The normalized spacial score (nSPS) is 11.9. The first-order valence-corrected chi connectivity index (χ1v) is 9.41. The maximum Gasteiger partial charge on any atom is 0.279 e. The quantitative estimate of drug-likeness (QED) is 0.594. The summed E-state index contributed by atoms with van der Waals surface area (Å²) in [6.07, 6.45) is 0. The van der Waals surface area contributed by atoms with E-state index in [2.05, 4.69) is 4.99 Å². The van der Waals surface area contributed by atoms with Crippen LogP contribution in [0.2, 0.25) is 5.02 Å². The van der Waals surface area contributed by atoms with Crippen molar-refractivity contribution in [3.63, 3.8) is 0 Å². The molecule has 0 radical (unpaired) electrons. The average Bonchev–Trinajstić information content (AvgIpc) is 2.98. The molecule has 0 spiro atoms. The number of fused-ring (bicyclic) bond motifs is 1. The van der Waals surface area contributed by atoms with E-state index in [1.54, 1.807) is 31.4 Å². The highest BCUT2D eigenvalue weighted by Gasteiger charge is 2.10.